The number of halogens is 3. The zero-order chi connectivity index (χ0) is 16.9. The molecule has 0 bridgehead atoms. The molecule has 7 heteroatoms. The van der Waals surface area contributed by atoms with Crippen molar-refractivity contribution in [1.82, 2.24) is 9.38 Å². The largest absolute Gasteiger partial charge is 0.417 e. The van der Waals surface area contributed by atoms with Crippen LogP contribution in [0, 0.1) is 11.3 Å². The lowest BCUT2D eigenvalue weighted by Gasteiger charge is -2.22. The van der Waals surface area contributed by atoms with Crippen LogP contribution in [0.2, 0.25) is 0 Å². The lowest BCUT2D eigenvalue weighted by atomic mass is 10.1. The number of para-hydroxylation sites is 2. The molecule has 3 heterocycles. The fourth-order valence-electron chi connectivity index (χ4n) is 3.32. The van der Waals surface area contributed by atoms with Crippen molar-refractivity contribution in [2.24, 2.45) is 0 Å². The van der Waals surface area contributed by atoms with Gasteiger partial charge in [0.1, 0.15) is 17.5 Å². The average Bonchev–Trinajstić information content (AvgIpc) is 3.20. The molecule has 0 saturated carbocycles. The molecule has 3 aromatic rings. The van der Waals surface area contributed by atoms with Gasteiger partial charge in [0.25, 0.3) is 0 Å². The summed E-state index contributed by atoms with van der Waals surface area (Å²) >= 11 is 0. The molecule has 0 amide bonds. The van der Waals surface area contributed by atoms with Crippen LogP contribution in [0.1, 0.15) is 24.0 Å². The van der Waals surface area contributed by atoms with Crippen molar-refractivity contribution >= 4 is 22.5 Å². The van der Waals surface area contributed by atoms with Crippen LogP contribution < -0.4 is 4.90 Å². The van der Waals surface area contributed by atoms with E-state index in [0.29, 0.717) is 29.9 Å². The fraction of sp³-hybridized carbons (Fsp3) is 0.294. The van der Waals surface area contributed by atoms with Crippen molar-refractivity contribution in [2.75, 3.05) is 18.0 Å². The number of nitrogens with zero attached hydrogens (tertiary/aromatic N) is 4. The Balaban J connectivity index is 2.17. The first-order valence-electron chi connectivity index (χ1n) is 7.67. The Hall–Kier alpha value is -2.75. The highest BCUT2D eigenvalue weighted by atomic mass is 19.4. The van der Waals surface area contributed by atoms with Gasteiger partial charge in [0, 0.05) is 13.1 Å². The van der Waals surface area contributed by atoms with Crippen LogP contribution in [-0.2, 0) is 6.18 Å². The monoisotopic (exact) mass is 330 g/mol. The Morgan fingerprint density at radius 1 is 1.12 bits per heavy atom. The molecule has 1 aliphatic rings. The molecule has 0 spiro atoms. The maximum absolute atomic E-state index is 13.5. The summed E-state index contributed by atoms with van der Waals surface area (Å²) in [5, 5.41) is 9.34. The summed E-state index contributed by atoms with van der Waals surface area (Å²) < 4.78 is 42.1. The Morgan fingerprint density at radius 3 is 2.50 bits per heavy atom. The topological polar surface area (TPSA) is 44.3 Å². The van der Waals surface area contributed by atoms with Crippen molar-refractivity contribution in [1.29, 1.82) is 5.26 Å². The number of pyridine rings is 1. The predicted octanol–water partition coefficient (Wildman–Crippen LogP) is 3.98. The number of hydrogen-bond acceptors (Lipinski definition) is 3. The Morgan fingerprint density at radius 2 is 1.83 bits per heavy atom. The molecular formula is C17H13F3N4. The lowest BCUT2D eigenvalue weighted by molar-refractivity contribution is -0.137. The Kier molecular flexibility index (Phi) is 3.17. The van der Waals surface area contributed by atoms with E-state index < -0.39 is 17.3 Å². The van der Waals surface area contributed by atoms with Crippen LogP contribution in [0.15, 0.2) is 30.3 Å². The summed E-state index contributed by atoms with van der Waals surface area (Å²) in [4.78, 5) is 6.23. The summed E-state index contributed by atoms with van der Waals surface area (Å²) in [5.74, 6) is 0.447. The van der Waals surface area contributed by atoms with E-state index in [1.54, 1.807) is 22.6 Å². The van der Waals surface area contributed by atoms with Gasteiger partial charge < -0.3 is 4.90 Å². The van der Waals surface area contributed by atoms with Crippen molar-refractivity contribution < 1.29 is 13.2 Å². The van der Waals surface area contributed by atoms with Crippen molar-refractivity contribution in [3.8, 4) is 6.07 Å². The van der Waals surface area contributed by atoms with E-state index in [4.69, 9.17) is 0 Å². The van der Waals surface area contributed by atoms with E-state index in [0.717, 1.165) is 18.9 Å². The molecule has 1 fully saturated rings. The highest BCUT2D eigenvalue weighted by Gasteiger charge is 2.37. The molecule has 4 rings (SSSR count). The number of imidazole rings is 1. The van der Waals surface area contributed by atoms with Gasteiger partial charge in [-0.15, -0.1) is 0 Å². The van der Waals surface area contributed by atoms with Crippen LogP contribution in [-0.4, -0.2) is 22.5 Å². The normalized spacial score (nSPS) is 15.3. The number of alkyl halides is 3. The van der Waals surface area contributed by atoms with E-state index in [-0.39, 0.29) is 5.65 Å². The highest BCUT2D eigenvalue weighted by molar-refractivity contribution is 5.85. The maximum atomic E-state index is 13.5. The van der Waals surface area contributed by atoms with E-state index in [1.807, 2.05) is 17.0 Å². The average molecular weight is 330 g/mol. The third-order valence-electron chi connectivity index (χ3n) is 4.40. The fourth-order valence-corrected chi connectivity index (χ4v) is 3.32. The molecular weight excluding hydrogens is 317 g/mol. The quantitative estimate of drug-likeness (QED) is 0.678. The predicted molar refractivity (Wildman–Crippen MR) is 83.9 cm³/mol. The zero-order valence-corrected chi connectivity index (χ0v) is 12.6. The molecule has 0 N–H and O–H groups in total. The van der Waals surface area contributed by atoms with Crippen LogP contribution in [0.4, 0.5) is 19.0 Å². The first-order valence-corrected chi connectivity index (χ1v) is 7.67. The zero-order valence-electron chi connectivity index (χ0n) is 12.6. The van der Waals surface area contributed by atoms with Gasteiger partial charge in [-0.2, -0.15) is 18.4 Å². The van der Waals surface area contributed by atoms with Gasteiger partial charge in [-0.05, 0) is 31.0 Å². The molecule has 0 atom stereocenters. The van der Waals surface area contributed by atoms with E-state index in [9.17, 15) is 18.4 Å². The molecule has 1 saturated heterocycles. The van der Waals surface area contributed by atoms with Gasteiger partial charge in [-0.1, -0.05) is 12.1 Å². The molecule has 2 aromatic heterocycles. The van der Waals surface area contributed by atoms with Gasteiger partial charge in [0.2, 0.25) is 0 Å². The van der Waals surface area contributed by atoms with Crippen molar-refractivity contribution in [3.05, 3.63) is 41.5 Å². The minimum atomic E-state index is -4.60. The third kappa shape index (κ3) is 2.10. The maximum Gasteiger partial charge on any atom is 0.417 e. The summed E-state index contributed by atoms with van der Waals surface area (Å²) in [6.07, 6.45) is -2.72. The van der Waals surface area contributed by atoms with Gasteiger partial charge in [-0.3, -0.25) is 4.40 Å². The molecule has 1 aromatic carbocycles. The van der Waals surface area contributed by atoms with Crippen LogP contribution in [0.3, 0.4) is 0 Å². The summed E-state index contributed by atoms with van der Waals surface area (Å²) in [7, 11) is 0. The number of aromatic nitrogens is 2. The smallest absolute Gasteiger partial charge is 0.358 e. The molecule has 122 valence electrons. The van der Waals surface area contributed by atoms with Crippen LogP contribution in [0.5, 0.6) is 0 Å². The van der Waals surface area contributed by atoms with E-state index in [2.05, 4.69) is 4.98 Å². The lowest BCUT2D eigenvalue weighted by Crippen LogP contribution is -2.22. The SMILES string of the molecule is N#Cc1c(C(F)(F)F)cc(N2CCCC2)n2c1nc1ccccc12. The van der Waals surface area contributed by atoms with Gasteiger partial charge >= 0.3 is 6.18 Å². The molecule has 4 nitrogen and oxygen atoms in total. The first-order chi connectivity index (χ1) is 11.5. The second kappa shape index (κ2) is 5.13. The van der Waals surface area contributed by atoms with Crippen LogP contribution in [0.25, 0.3) is 16.7 Å². The third-order valence-corrected chi connectivity index (χ3v) is 4.40. The van der Waals surface area contributed by atoms with Gasteiger partial charge in [0.15, 0.2) is 5.65 Å². The number of fused-ring (bicyclic) bond motifs is 3. The molecule has 0 radical (unpaired) electrons. The van der Waals surface area contributed by atoms with E-state index >= 15 is 0 Å². The second-order valence-electron chi connectivity index (χ2n) is 5.85. The molecule has 0 unspecified atom stereocenters. The number of anilines is 1. The number of hydrogen-bond donors (Lipinski definition) is 0. The molecule has 0 aliphatic carbocycles. The summed E-state index contributed by atoms with van der Waals surface area (Å²) in [6, 6.07) is 9.93. The number of rotatable bonds is 1. The minimum absolute atomic E-state index is 0.0652. The summed E-state index contributed by atoms with van der Waals surface area (Å²) in [6.45, 7) is 1.40. The Labute approximate surface area is 135 Å². The Bertz CT molecular complexity index is 975. The standard InChI is InChI=1S/C17H13F3N4/c18-17(19,20)12-9-15(23-7-3-4-8-23)24-14-6-2-1-5-13(14)22-16(24)11(12)10-21/h1-2,5-6,9H,3-4,7-8H2. The van der Waals surface area contributed by atoms with Crippen LogP contribution >= 0.6 is 0 Å². The molecule has 24 heavy (non-hydrogen) atoms. The summed E-state index contributed by atoms with van der Waals surface area (Å²) in [5.41, 5.74) is 0.000161. The second-order valence-corrected chi connectivity index (χ2v) is 5.85. The van der Waals surface area contributed by atoms with Gasteiger partial charge in [-0.25, -0.2) is 4.98 Å². The molecule has 1 aliphatic heterocycles. The number of nitriles is 1. The van der Waals surface area contributed by atoms with Crippen molar-refractivity contribution in [2.45, 2.75) is 19.0 Å². The van der Waals surface area contributed by atoms with E-state index in [1.165, 1.54) is 0 Å². The minimum Gasteiger partial charge on any atom is -0.358 e. The highest BCUT2D eigenvalue weighted by Crippen LogP contribution is 2.38. The number of benzene rings is 1. The van der Waals surface area contributed by atoms with Crippen molar-refractivity contribution in [3.63, 3.8) is 0 Å². The van der Waals surface area contributed by atoms with Gasteiger partial charge in [0.05, 0.1) is 16.6 Å². The first kappa shape index (κ1) is 14.8.